The van der Waals surface area contributed by atoms with E-state index in [1.54, 1.807) is 24.3 Å². The summed E-state index contributed by atoms with van der Waals surface area (Å²) >= 11 is 0. The molecule has 0 aliphatic heterocycles. The van der Waals surface area contributed by atoms with Crippen molar-refractivity contribution in [3.63, 3.8) is 0 Å². The average molecular weight is 406 g/mol. The van der Waals surface area contributed by atoms with Crippen molar-refractivity contribution >= 4 is 9.84 Å². The van der Waals surface area contributed by atoms with E-state index in [1.165, 1.54) is 44.6 Å². The second-order valence-electron chi connectivity index (χ2n) is 6.57. The molecule has 4 nitrogen and oxygen atoms in total. The van der Waals surface area contributed by atoms with Crippen LogP contribution in [-0.4, -0.2) is 28.9 Å². The van der Waals surface area contributed by atoms with Crippen LogP contribution < -0.4 is 9.47 Å². The number of halogens is 2. The lowest BCUT2D eigenvalue weighted by Crippen LogP contribution is -2.36. The Morgan fingerprint density at radius 1 is 0.893 bits per heavy atom. The Bertz CT molecular complexity index is 1030. The molecule has 28 heavy (non-hydrogen) atoms. The predicted molar refractivity (Wildman–Crippen MR) is 104 cm³/mol. The third-order valence-corrected chi connectivity index (χ3v) is 6.58. The van der Waals surface area contributed by atoms with Crippen LogP contribution in [0.3, 0.4) is 0 Å². The molecule has 0 N–H and O–H groups in total. The number of alkyl halides is 1. The molecule has 0 spiro atoms. The summed E-state index contributed by atoms with van der Waals surface area (Å²) < 4.78 is 64.5. The van der Waals surface area contributed by atoms with E-state index < -0.39 is 26.1 Å². The summed E-state index contributed by atoms with van der Waals surface area (Å²) in [5, 5.41) is 0. The number of allylic oxidation sites excluding steroid dienone is 2. The Balaban J connectivity index is 2.24. The summed E-state index contributed by atoms with van der Waals surface area (Å²) in [7, 11) is -1.10. The molecule has 1 aliphatic carbocycles. The van der Waals surface area contributed by atoms with E-state index in [1.807, 2.05) is 0 Å². The first-order valence-electron chi connectivity index (χ1n) is 8.43. The van der Waals surface area contributed by atoms with Gasteiger partial charge in [-0.05, 0) is 35.4 Å². The average Bonchev–Trinajstić information content (AvgIpc) is 2.69. The molecule has 2 aromatic rings. The molecule has 3 rings (SSSR count). The number of hydrogen-bond acceptors (Lipinski definition) is 4. The van der Waals surface area contributed by atoms with Gasteiger partial charge in [-0.3, -0.25) is 0 Å². The van der Waals surface area contributed by atoms with Crippen molar-refractivity contribution in [3.8, 4) is 11.5 Å². The van der Waals surface area contributed by atoms with Gasteiger partial charge in [0.15, 0.2) is 9.84 Å². The summed E-state index contributed by atoms with van der Waals surface area (Å²) in [6.45, 7) is 0. The van der Waals surface area contributed by atoms with Crippen LogP contribution in [0, 0.1) is 0 Å². The molecule has 1 aliphatic rings. The number of benzene rings is 2. The highest BCUT2D eigenvalue weighted by Gasteiger charge is 2.48. The lowest BCUT2D eigenvalue weighted by molar-refractivity contribution is 0.232. The fraction of sp³-hybridized carbons (Fsp3) is 0.238. The molecule has 2 unspecified atom stereocenters. The van der Waals surface area contributed by atoms with Crippen LogP contribution in [-0.2, 0) is 20.3 Å². The molecular weight excluding hydrogens is 386 g/mol. The van der Waals surface area contributed by atoms with E-state index in [9.17, 15) is 8.42 Å². The molecular formula is C21H20F2O4S. The van der Waals surface area contributed by atoms with Gasteiger partial charge in [0.05, 0.1) is 14.2 Å². The van der Waals surface area contributed by atoms with Crippen molar-refractivity contribution in [1.82, 2.24) is 0 Å². The van der Waals surface area contributed by atoms with E-state index >= 15 is 8.78 Å². The quantitative estimate of drug-likeness (QED) is 0.698. The summed E-state index contributed by atoms with van der Waals surface area (Å²) in [5.74, 6) is -0.534. The van der Waals surface area contributed by atoms with Crippen LogP contribution in [0.5, 0.6) is 11.5 Å². The van der Waals surface area contributed by atoms with Gasteiger partial charge in [-0.15, -0.1) is 0 Å². The number of sulfone groups is 1. The van der Waals surface area contributed by atoms with Gasteiger partial charge >= 0.3 is 0 Å². The van der Waals surface area contributed by atoms with E-state index in [0.29, 0.717) is 11.5 Å². The molecule has 0 amide bonds. The van der Waals surface area contributed by atoms with Crippen molar-refractivity contribution in [3.05, 3.63) is 83.7 Å². The van der Waals surface area contributed by atoms with Gasteiger partial charge in [-0.25, -0.2) is 17.2 Å². The van der Waals surface area contributed by atoms with Crippen molar-refractivity contribution < 1.29 is 26.7 Å². The van der Waals surface area contributed by atoms with Gasteiger partial charge in [0.25, 0.3) is 0 Å². The van der Waals surface area contributed by atoms with Crippen LogP contribution in [0.4, 0.5) is 8.78 Å². The number of methoxy groups -OCH3 is 2. The normalized spacial score (nSPS) is 24.5. The third kappa shape index (κ3) is 3.20. The zero-order chi connectivity index (χ0) is 20.6. The standard InChI is InChI=1S/C21H20F2O4S/c1-26-17-11-16(12-18(13-17)27-2)20(28(3,24)25)9-10-21(23,19(22)14-20)15-7-5-4-6-8-15/h4-14H,1-3H3. The number of rotatable bonds is 5. The van der Waals surface area contributed by atoms with Crippen molar-refractivity contribution in [2.24, 2.45) is 0 Å². The maximum Gasteiger partial charge on any atom is 0.205 e. The fourth-order valence-electron chi connectivity index (χ4n) is 3.23. The van der Waals surface area contributed by atoms with Gasteiger partial charge in [-0.2, -0.15) is 0 Å². The van der Waals surface area contributed by atoms with Crippen molar-refractivity contribution in [2.75, 3.05) is 20.5 Å². The Labute approximate surface area is 163 Å². The van der Waals surface area contributed by atoms with E-state index in [2.05, 4.69) is 0 Å². The first-order valence-corrected chi connectivity index (χ1v) is 10.3. The summed E-state index contributed by atoms with van der Waals surface area (Å²) in [5.41, 5.74) is -2.28. The molecule has 7 heteroatoms. The molecule has 0 bridgehead atoms. The predicted octanol–water partition coefficient (Wildman–Crippen LogP) is 4.23. The van der Waals surface area contributed by atoms with Crippen LogP contribution in [0.25, 0.3) is 0 Å². The molecule has 2 atom stereocenters. The fourth-order valence-corrected chi connectivity index (χ4v) is 4.41. The largest absolute Gasteiger partial charge is 0.497 e. The summed E-state index contributed by atoms with van der Waals surface area (Å²) in [6.07, 6.45) is 3.90. The lowest BCUT2D eigenvalue weighted by Gasteiger charge is -2.34. The number of ether oxygens (including phenoxy) is 2. The Kier molecular flexibility index (Phi) is 5.06. The van der Waals surface area contributed by atoms with E-state index in [0.717, 1.165) is 18.4 Å². The Morgan fingerprint density at radius 3 is 1.93 bits per heavy atom. The second-order valence-corrected chi connectivity index (χ2v) is 8.79. The first kappa shape index (κ1) is 20.1. The highest BCUT2D eigenvalue weighted by Crippen LogP contribution is 2.47. The van der Waals surface area contributed by atoms with Gasteiger partial charge in [0.2, 0.25) is 5.67 Å². The summed E-state index contributed by atoms with van der Waals surface area (Å²) in [4.78, 5) is 0. The number of hydrogen-bond donors (Lipinski definition) is 0. The highest BCUT2D eigenvalue weighted by molar-refractivity contribution is 7.92. The zero-order valence-electron chi connectivity index (χ0n) is 15.6. The lowest BCUT2D eigenvalue weighted by atomic mass is 9.83. The third-order valence-electron chi connectivity index (χ3n) is 4.86. The van der Waals surface area contributed by atoms with Gasteiger partial charge in [0.1, 0.15) is 22.1 Å². The molecule has 0 radical (unpaired) electrons. The first-order chi connectivity index (χ1) is 13.2. The Morgan fingerprint density at radius 2 is 1.46 bits per heavy atom. The second kappa shape index (κ2) is 7.05. The van der Waals surface area contributed by atoms with E-state index in [4.69, 9.17) is 9.47 Å². The zero-order valence-corrected chi connectivity index (χ0v) is 16.5. The summed E-state index contributed by atoms with van der Waals surface area (Å²) in [6, 6.07) is 12.2. The smallest absolute Gasteiger partial charge is 0.205 e. The van der Waals surface area contributed by atoms with Crippen molar-refractivity contribution in [2.45, 2.75) is 10.4 Å². The minimum absolute atomic E-state index is 0.0744. The highest BCUT2D eigenvalue weighted by atomic mass is 32.2. The Hall–Kier alpha value is -2.67. The maximum atomic E-state index is 15.5. The topological polar surface area (TPSA) is 52.6 Å². The molecule has 0 fully saturated rings. The van der Waals surface area contributed by atoms with Gasteiger partial charge in [-0.1, -0.05) is 36.4 Å². The van der Waals surface area contributed by atoms with Gasteiger partial charge < -0.3 is 9.47 Å². The molecule has 2 aromatic carbocycles. The van der Waals surface area contributed by atoms with E-state index in [-0.39, 0.29) is 11.1 Å². The maximum absolute atomic E-state index is 15.5. The van der Waals surface area contributed by atoms with Crippen LogP contribution in [0.1, 0.15) is 11.1 Å². The molecule has 0 heterocycles. The molecule has 0 saturated heterocycles. The minimum Gasteiger partial charge on any atom is -0.497 e. The van der Waals surface area contributed by atoms with Gasteiger partial charge in [0, 0.05) is 12.3 Å². The molecule has 0 saturated carbocycles. The van der Waals surface area contributed by atoms with Crippen LogP contribution in [0.15, 0.2) is 72.6 Å². The SMILES string of the molecule is COc1cc(OC)cc(C2(S(C)(=O)=O)C=CC(F)(c3ccccc3)C(F)=C2)c1. The monoisotopic (exact) mass is 406 g/mol. The van der Waals surface area contributed by atoms with Crippen LogP contribution >= 0.6 is 0 Å². The molecule has 0 aromatic heterocycles. The van der Waals surface area contributed by atoms with Crippen molar-refractivity contribution in [1.29, 1.82) is 0 Å². The minimum atomic E-state index is -3.94. The van der Waals surface area contributed by atoms with Crippen LogP contribution in [0.2, 0.25) is 0 Å². The molecule has 148 valence electrons.